The molecule has 5 heteroatoms. The maximum Gasteiger partial charge on any atom is 0.307 e. The van der Waals surface area contributed by atoms with Crippen LogP contribution in [-0.4, -0.2) is 34.2 Å². The lowest BCUT2D eigenvalue weighted by Gasteiger charge is -2.33. The van der Waals surface area contributed by atoms with Gasteiger partial charge in [-0.1, -0.05) is 6.92 Å². The minimum absolute atomic E-state index is 0.0304. The van der Waals surface area contributed by atoms with Crippen LogP contribution in [0.4, 0.5) is 0 Å². The number of aliphatic carboxylic acids is 1. The van der Waals surface area contributed by atoms with Gasteiger partial charge in [0.25, 0.3) is 0 Å². The molecular weight excluding hydrogens is 222 g/mol. The summed E-state index contributed by atoms with van der Waals surface area (Å²) in [6.45, 7) is 1.98. The summed E-state index contributed by atoms with van der Waals surface area (Å²) < 4.78 is 0. The van der Waals surface area contributed by atoms with Crippen LogP contribution in [0.5, 0.6) is 0 Å². The Morgan fingerprint density at radius 3 is 2.24 bits per heavy atom. The Balaban J connectivity index is 1.91. The van der Waals surface area contributed by atoms with Crippen molar-refractivity contribution in [1.82, 2.24) is 5.32 Å². The molecule has 3 atom stereocenters. The lowest BCUT2D eigenvalue weighted by molar-refractivity contribution is -0.146. The van der Waals surface area contributed by atoms with Crippen LogP contribution >= 0.6 is 0 Å². The third-order valence-electron chi connectivity index (χ3n) is 3.91. The first-order chi connectivity index (χ1) is 7.97. The highest BCUT2D eigenvalue weighted by Gasteiger charge is 2.42. The Bertz CT molecular complexity index is 324. The molecular formula is C12H19NO4. The van der Waals surface area contributed by atoms with Crippen molar-refractivity contribution in [2.45, 2.75) is 44.8 Å². The fraction of sp³-hybridized carbons (Fsp3) is 0.833. The number of carbonyl (C=O) groups is 2. The van der Waals surface area contributed by atoms with E-state index in [9.17, 15) is 9.59 Å². The highest BCUT2D eigenvalue weighted by molar-refractivity contribution is 5.85. The average Bonchev–Trinajstić information content (AvgIpc) is 2.58. The van der Waals surface area contributed by atoms with E-state index in [2.05, 4.69) is 5.32 Å². The number of aliphatic hydroxyl groups excluding tert-OH is 1. The molecule has 2 fully saturated rings. The molecule has 0 bridgehead atoms. The number of rotatable bonds is 3. The van der Waals surface area contributed by atoms with E-state index >= 15 is 0 Å². The number of hydrogen-bond acceptors (Lipinski definition) is 3. The molecule has 0 radical (unpaired) electrons. The number of carbonyl (C=O) groups excluding carboxylic acids is 1. The molecule has 2 aliphatic rings. The Kier molecular flexibility index (Phi) is 3.38. The Hall–Kier alpha value is -1.10. The molecule has 0 aromatic rings. The fourth-order valence-corrected chi connectivity index (χ4v) is 2.87. The summed E-state index contributed by atoms with van der Waals surface area (Å²) >= 11 is 0. The zero-order chi connectivity index (χ0) is 12.6. The van der Waals surface area contributed by atoms with Gasteiger partial charge in [0, 0.05) is 6.04 Å². The largest absolute Gasteiger partial charge is 0.481 e. The number of carboxylic acids is 1. The Morgan fingerprint density at radius 1 is 1.12 bits per heavy atom. The van der Waals surface area contributed by atoms with Gasteiger partial charge in [-0.3, -0.25) is 9.59 Å². The first-order valence-electron chi connectivity index (χ1n) is 6.18. The van der Waals surface area contributed by atoms with Gasteiger partial charge in [-0.05, 0) is 31.6 Å². The Labute approximate surface area is 100 Å². The lowest BCUT2D eigenvalue weighted by Crippen LogP contribution is -2.49. The van der Waals surface area contributed by atoms with Crippen LogP contribution in [-0.2, 0) is 9.59 Å². The number of hydrogen-bond donors (Lipinski definition) is 3. The van der Waals surface area contributed by atoms with Crippen molar-refractivity contribution in [3.8, 4) is 0 Å². The minimum Gasteiger partial charge on any atom is -0.481 e. The van der Waals surface area contributed by atoms with Crippen LogP contribution in [0.15, 0.2) is 0 Å². The average molecular weight is 241 g/mol. The van der Waals surface area contributed by atoms with E-state index in [1.807, 2.05) is 6.92 Å². The van der Waals surface area contributed by atoms with Crippen molar-refractivity contribution < 1.29 is 19.8 Å². The lowest BCUT2D eigenvalue weighted by atomic mass is 9.88. The normalized spacial score (nSPS) is 40.7. The molecule has 5 nitrogen and oxygen atoms in total. The molecule has 96 valence electrons. The van der Waals surface area contributed by atoms with Crippen LogP contribution in [0.25, 0.3) is 0 Å². The van der Waals surface area contributed by atoms with Crippen molar-refractivity contribution in [3.63, 3.8) is 0 Å². The predicted octanol–water partition coefficient (Wildman–Crippen LogP) is 0.373. The van der Waals surface area contributed by atoms with Gasteiger partial charge < -0.3 is 15.5 Å². The molecule has 17 heavy (non-hydrogen) atoms. The van der Waals surface area contributed by atoms with Gasteiger partial charge in [-0.15, -0.1) is 0 Å². The van der Waals surface area contributed by atoms with Gasteiger partial charge in [-0.25, -0.2) is 0 Å². The molecule has 2 rings (SSSR count). The highest BCUT2D eigenvalue weighted by Crippen LogP contribution is 2.37. The minimum atomic E-state index is -0.872. The molecule has 3 unspecified atom stereocenters. The van der Waals surface area contributed by atoms with Gasteiger partial charge in [0.2, 0.25) is 5.91 Å². The molecule has 3 N–H and O–H groups in total. The highest BCUT2D eigenvalue weighted by atomic mass is 16.4. The summed E-state index contributed by atoms with van der Waals surface area (Å²) in [5, 5.41) is 21.0. The third kappa shape index (κ3) is 2.60. The van der Waals surface area contributed by atoms with E-state index in [-0.39, 0.29) is 18.1 Å². The first kappa shape index (κ1) is 12.4. The van der Waals surface area contributed by atoms with E-state index in [1.54, 1.807) is 0 Å². The maximum atomic E-state index is 12.0. The van der Waals surface area contributed by atoms with Gasteiger partial charge in [0.05, 0.1) is 17.9 Å². The summed E-state index contributed by atoms with van der Waals surface area (Å²) in [6, 6.07) is 0.0304. The van der Waals surface area contributed by atoms with Gasteiger partial charge >= 0.3 is 5.97 Å². The van der Waals surface area contributed by atoms with Crippen LogP contribution in [0, 0.1) is 17.8 Å². The van der Waals surface area contributed by atoms with Crippen molar-refractivity contribution in [2.24, 2.45) is 17.8 Å². The molecule has 0 saturated heterocycles. The quantitative estimate of drug-likeness (QED) is 0.666. The number of amides is 1. The molecule has 0 spiro atoms. The van der Waals surface area contributed by atoms with Gasteiger partial charge in [-0.2, -0.15) is 0 Å². The van der Waals surface area contributed by atoms with Crippen LogP contribution in [0.1, 0.15) is 32.6 Å². The van der Waals surface area contributed by atoms with Crippen molar-refractivity contribution in [2.75, 3.05) is 0 Å². The second kappa shape index (κ2) is 4.64. The molecule has 0 aromatic carbocycles. The van der Waals surface area contributed by atoms with Crippen LogP contribution in [0.3, 0.4) is 0 Å². The van der Waals surface area contributed by atoms with E-state index in [1.165, 1.54) is 0 Å². The number of aliphatic hydroxyl groups is 1. The molecule has 0 heterocycles. The molecule has 1 amide bonds. The molecule has 0 aliphatic heterocycles. The van der Waals surface area contributed by atoms with Gasteiger partial charge in [0.15, 0.2) is 0 Å². The summed E-state index contributed by atoms with van der Waals surface area (Å²) in [5.41, 5.74) is 0. The van der Waals surface area contributed by atoms with E-state index in [0.717, 1.165) is 0 Å². The van der Waals surface area contributed by atoms with Crippen molar-refractivity contribution >= 4 is 11.9 Å². The second-order valence-electron chi connectivity index (χ2n) is 5.46. The first-order valence-corrected chi connectivity index (χ1v) is 6.18. The summed E-state index contributed by atoms with van der Waals surface area (Å²) in [4.78, 5) is 23.0. The van der Waals surface area contributed by atoms with Crippen molar-refractivity contribution in [3.05, 3.63) is 0 Å². The topological polar surface area (TPSA) is 86.6 Å². The Morgan fingerprint density at radius 2 is 1.71 bits per heavy atom. The van der Waals surface area contributed by atoms with Crippen LogP contribution < -0.4 is 5.32 Å². The summed E-state index contributed by atoms with van der Waals surface area (Å²) in [6.07, 6.45) is 2.11. The van der Waals surface area contributed by atoms with E-state index < -0.39 is 17.8 Å². The zero-order valence-corrected chi connectivity index (χ0v) is 9.93. The summed E-state index contributed by atoms with van der Waals surface area (Å²) in [5.74, 6) is -1.68. The fourth-order valence-electron chi connectivity index (χ4n) is 2.87. The SMILES string of the molecule is CC1CC(C(=O)O)C(C(=O)NC2CC(O)C2)C1. The third-order valence-corrected chi connectivity index (χ3v) is 3.91. The zero-order valence-electron chi connectivity index (χ0n) is 9.93. The molecule has 2 saturated carbocycles. The molecule has 0 aromatic heterocycles. The van der Waals surface area contributed by atoms with Crippen LogP contribution in [0.2, 0.25) is 0 Å². The smallest absolute Gasteiger partial charge is 0.307 e. The van der Waals surface area contributed by atoms with E-state index in [0.29, 0.717) is 31.6 Å². The maximum absolute atomic E-state index is 12.0. The van der Waals surface area contributed by atoms with Gasteiger partial charge in [0.1, 0.15) is 0 Å². The predicted molar refractivity (Wildman–Crippen MR) is 60.2 cm³/mol. The number of carboxylic acid groups (broad SMARTS) is 1. The van der Waals surface area contributed by atoms with E-state index in [4.69, 9.17) is 10.2 Å². The summed E-state index contributed by atoms with van der Waals surface area (Å²) in [7, 11) is 0. The standard InChI is InChI=1S/C12H19NO4/c1-6-2-9(10(3-6)12(16)17)11(15)13-7-4-8(14)5-7/h6-10,14H,2-5H2,1H3,(H,13,15)(H,16,17). The number of nitrogens with one attached hydrogen (secondary N) is 1. The molecule has 2 aliphatic carbocycles. The van der Waals surface area contributed by atoms with Crippen molar-refractivity contribution in [1.29, 1.82) is 0 Å². The monoisotopic (exact) mass is 241 g/mol. The second-order valence-corrected chi connectivity index (χ2v) is 5.46.